The smallest absolute Gasteiger partial charge is 0.243 e. The summed E-state index contributed by atoms with van der Waals surface area (Å²) in [6.45, 7) is 6.61. The average Bonchev–Trinajstić information content (AvgIpc) is 3.28. The van der Waals surface area contributed by atoms with Crippen LogP contribution in [-0.4, -0.2) is 34.6 Å². The van der Waals surface area contributed by atoms with Crippen molar-refractivity contribution in [1.29, 1.82) is 0 Å². The standard InChI is InChI=1S/C27H36N2O2S/c1-4-25(27(31)28-24-14-7-8-15-24)29(17-22-12-9-10-20(2)16-22)26(30)19-32-18-23-13-6-5-11-21(23)3/h5-6,9-13,16,24-25H,4,7-8,14-15,17-19H2,1-3H3,(H,28,31)/t25-/m1/s1. The Hall–Kier alpha value is -2.27. The Morgan fingerprint density at radius 2 is 1.84 bits per heavy atom. The lowest BCUT2D eigenvalue weighted by molar-refractivity contribution is -0.139. The summed E-state index contributed by atoms with van der Waals surface area (Å²) in [5.41, 5.74) is 4.72. The van der Waals surface area contributed by atoms with Gasteiger partial charge in [0.2, 0.25) is 11.8 Å². The van der Waals surface area contributed by atoms with Crippen molar-refractivity contribution in [3.05, 3.63) is 70.8 Å². The Morgan fingerprint density at radius 3 is 2.53 bits per heavy atom. The van der Waals surface area contributed by atoms with Crippen LogP contribution in [0.4, 0.5) is 0 Å². The van der Waals surface area contributed by atoms with Gasteiger partial charge in [0.15, 0.2) is 0 Å². The van der Waals surface area contributed by atoms with E-state index in [0.717, 1.165) is 29.7 Å². The molecule has 0 bridgehead atoms. The van der Waals surface area contributed by atoms with Gasteiger partial charge in [0.05, 0.1) is 5.75 Å². The van der Waals surface area contributed by atoms with E-state index in [1.807, 2.05) is 31.2 Å². The maximum absolute atomic E-state index is 13.4. The molecule has 1 N–H and O–H groups in total. The predicted molar refractivity (Wildman–Crippen MR) is 134 cm³/mol. The summed E-state index contributed by atoms with van der Waals surface area (Å²) in [7, 11) is 0. The largest absolute Gasteiger partial charge is 0.352 e. The van der Waals surface area contributed by atoms with Gasteiger partial charge in [-0.2, -0.15) is 0 Å². The molecule has 1 saturated carbocycles. The van der Waals surface area contributed by atoms with Crippen molar-refractivity contribution < 1.29 is 9.59 Å². The van der Waals surface area contributed by atoms with Crippen molar-refractivity contribution >= 4 is 23.6 Å². The topological polar surface area (TPSA) is 49.4 Å². The number of hydrogen-bond donors (Lipinski definition) is 1. The second-order valence-electron chi connectivity index (χ2n) is 8.84. The Bertz CT molecular complexity index is 908. The molecule has 0 unspecified atom stereocenters. The zero-order chi connectivity index (χ0) is 22.9. The van der Waals surface area contributed by atoms with Crippen LogP contribution in [0.1, 0.15) is 61.3 Å². The van der Waals surface area contributed by atoms with Crippen molar-refractivity contribution in [2.24, 2.45) is 0 Å². The van der Waals surface area contributed by atoms with Gasteiger partial charge in [0, 0.05) is 18.3 Å². The third-order valence-electron chi connectivity index (χ3n) is 6.27. The maximum Gasteiger partial charge on any atom is 0.243 e. The first-order chi connectivity index (χ1) is 15.5. The number of nitrogens with zero attached hydrogens (tertiary/aromatic N) is 1. The molecule has 1 aliphatic carbocycles. The quantitative estimate of drug-likeness (QED) is 0.525. The molecule has 0 radical (unpaired) electrons. The van der Waals surface area contributed by atoms with E-state index in [2.05, 4.69) is 43.4 Å². The highest BCUT2D eigenvalue weighted by molar-refractivity contribution is 7.99. The van der Waals surface area contributed by atoms with Crippen LogP contribution < -0.4 is 5.32 Å². The second-order valence-corrected chi connectivity index (χ2v) is 9.83. The zero-order valence-electron chi connectivity index (χ0n) is 19.6. The first kappa shape index (κ1) is 24.4. The fraction of sp³-hybridized carbons (Fsp3) is 0.481. The molecule has 1 atom stereocenters. The van der Waals surface area contributed by atoms with Gasteiger partial charge in [-0.1, -0.05) is 73.9 Å². The van der Waals surface area contributed by atoms with Crippen LogP contribution in [0.3, 0.4) is 0 Å². The Morgan fingerprint density at radius 1 is 1.09 bits per heavy atom. The van der Waals surface area contributed by atoms with Crippen LogP contribution in [-0.2, 0) is 21.9 Å². The molecule has 32 heavy (non-hydrogen) atoms. The first-order valence-electron chi connectivity index (χ1n) is 11.8. The lowest BCUT2D eigenvalue weighted by Gasteiger charge is -2.31. The highest BCUT2D eigenvalue weighted by Crippen LogP contribution is 2.21. The summed E-state index contributed by atoms with van der Waals surface area (Å²) in [4.78, 5) is 28.3. The van der Waals surface area contributed by atoms with E-state index in [0.29, 0.717) is 18.7 Å². The van der Waals surface area contributed by atoms with E-state index in [9.17, 15) is 9.59 Å². The second kappa shape index (κ2) is 12.1. The van der Waals surface area contributed by atoms with Crippen LogP contribution in [0.2, 0.25) is 0 Å². The molecule has 0 aromatic heterocycles. The molecule has 4 nitrogen and oxygen atoms in total. The number of rotatable bonds is 10. The maximum atomic E-state index is 13.4. The van der Waals surface area contributed by atoms with Gasteiger partial charge in [-0.15, -0.1) is 11.8 Å². The summed E-state index contributed by atoms with van der Waals surface area (Å²) >= 11 is 1.62. The predicted octanol–water partition coefficient (Wildman–Crippen LogP) is 5.40. The summed E-state index contributed by atoms with van der Waals surface area (Å²) in [5, 5.41) is 3.21. The summed E-state index contributed by atoms with van der Waals surface area (Å²) in [5.74, 6) is 1.18. The van der Waals surface area contributed by atoms with Crippen molar-refractivity contribution in [3.8, 4) is 0 Å². The fourth-order valence-electron chi connectivity index (χ4n) is 4.40. The van der Waals surface area contributed by atoms with Crippen LogP contribution in [0.15, 0.2) is 48.5 Å². The van der Waals surface area contributed by atoms with E-state index in [1.165, 1.54) is 24.0 Å². The molecular weight excluding hydrogens is 416 g/mol. The van der Waals surface area contributed by atoms with E-state index in [-0.39, 0.29) is 17.9 Å². The minimum Gasteiger partial charge on any atom is -0.352 e. The molecule has 0 spiro atoms. The molecule has 3 rings (SSSR count). The molecular formula is C27H36N2O2S. The third-order valence-corrected chi connectivity index (χ3v) is 7.23. The van der Waals surface area contributed by atoms with Crippen molar-refractivity contribution in [1.82, 2.24) is 10.2 Å². The monoisotopic (exact) mass is 452 g/mol. The molecule has 0 heterocycles. The van der Waals surface area contributed by atoms with Crippen LogP contribution in [0.25, 0.3) is 0 Å². The molecule has 2 amide bonds. The third kappa shape index (κ3) is 6.86. The molecule has 1 fully saturated rings. The molecule has 2 aromatic rings. The summed E-state index contributed by atoms with van der Waals surface area (Å²) < 4.78 is 0. The van der Waals surface area contributed by atoms with E-state index in [4.69, 9.17) is 0 Å². The normalized spacial score (nSPS) is 14.8. The molecule has 0 aliphatic heterocycles. The minimum atomic E-state index is -0.442. The van der Waals surface area contributed by atoms with Crippen molar-refractivity contribution in [2.45, 2.75) is 77.3 Å². The van der Waals surface area contributed by atoms with Crippen LogP contribution >= 0.6 is 11.8 Å². The number of thioether (sulfide) groups is 1. The molecule has 2 aromatic carbocycles. The Balaban J connectivity index is 1.71. The van der Waals surface area contributed by atoms with Gasteiger partial charge in [-0.25, -0.2) is 0 Å². The van der Waals surface area contributed by atoms with Crippen molar-refractivity contribution in [3.63, 3.8) is 0 Å². The number of carbonyl (C=O) groups excluding carboxylic acids is 2. The van der Waals surface area contributed by atoms with Gasteiger partial charge in [-0.3, -0.25) is 9.59 Å². The number of amides is 2. The van der Waals surface area contributed by atoms with Crippen molar-refractivity contribution in [2.75, 3.05) is 5.75 Å². The number of benzene rings is 2. The number of aryl methyl sites for hydroxylation is 2. The van der Waals surface area contributed by atoms with Gasteiger partial charge in [0.25, 0.3) is 0 Å². The zero-order valence-corrected chi connectivity index (χ0v) is 20.4. The van der Waals surface area contributed by atoms with Gasteiger partial charge >= 0.3 is 0 Å². The number of nitrogens with one attached hydrogen (secondary N) is 1. The van der Waals surface area contributed by atoms with Gasteiger partial charge < -0.3 is 10.2 Å². The molecule has 1 aliphatic rings. The van der Waals surface area contributed by atoms with Crippen LogP contribution in [0, 0.1) is 13.8 Å². The highest BCUT2D eigenvalue weighted by Gasteiger charge is 2.30. The fourth-order valence-corrected chi connectivity index (χ4v) is 5.38. The molecule has 172 valence electrons. The Kier molecular flexibility index (Phi) is 9.22. The molecule has 0 saturated heterocycles. The van der Waals surface area contributed by atoms with E-state index >= 15 is 0 Å². The summed E-state index contributed by atoms with van der Waals surface area (Å²) in [6.07, 6.45) is 5.03. The minimum absolute atomic E-state index is 0.00990. The number of hydrogen-bond acceptors (Lipinski definition) is 3. The number of carbonyl (C=O) groups is 2. The lowest BCUT2D eigenvalue weighted by atomic mass is 10.1. The van der Waals surface area contributed by atoms with E-state index < -0.39 is 6.04 Å². The van der Waals surface area contributed by atoms with E-state index in [1.54, 1.807) is 16.7 Å². The van der Waals surface area contributed by atoms with Crippen LogP contribution in [0.5, 0.6) is 0 Å². The first-order valence-corrected chi connectivity index (χ1v) is 12.9. The van der Waals surface area contributed by atoms with Gasteiger partial charge in [-0.05, 0) is 49.8 Å². The lowest BCUT2D eigenvalue weighted by Crippen LogP contribution is -2.51. The van der Waals surface area contributed by atoms with Gasteiger partial charge in [0.1, 0.15) is 6.04 Å². The average molecular weight is 453 g/mol. The summed E-state index contributed by atoms with van der Waals surface area (Å²) in [6, 6.07) is 16.3. The Labute approximate surface area is 197 Å². The molecule has 5 heteroatoms. The SMILES string of the molecule is CC[C@H](C(=O)NC1CCCC1)N(Cc1cccc(C)c1)C(=O)CSCc1ccccc1C. The highest BCUT2D eigenvalue weighted by atomic mass is 32.2.